The second-order valence-electron chi connectivity index (χ2n) is 2.69. The lowest BCUT2D eigenvalue weighted by Gasteiger charge is -2.28. The lowest BCUT2D eigenvalue weighted by atomic mass is 10.1. The van der Waals surface area contributed by atoms with E-state index in [1.807, 2.05) is 13.8 Å². The van der Waals surface area contributed by atoms with Crippen molar-refractivity contribution in [1.82, 2.24) is 4.90 Å². The van der Waals surface area contributed by atoms with E-state index < -0.39 is 0 Å². The van der Waals surface area contributed by atoms with Crippen molar-refractivity contribution in [1.29, 1.82) is 0 Å². The monoisotopic (exact) mass is 159 g/mol. The topological polar surface area (TPSA) is 23.5 Å². The van der Waals surface area contributed by atoms with Gasteiger partial charge in [0.25, 0.3) is 0 Å². The molecule has 1 unspecified atom stereocenters. The van der Waals surface area contributed by atoms with Gasteiger partial charge in [0, 0.05) is 6.54 Å². The summed E-state index contributed by atoms with van der Waals surface area (Å²) in [6, 6.07) is 0. The molecule has 1 atom stereocenters. The molecule has 1 rings (SSSR count). The maximum absolute atomic E-state index is 9.17. The van der Waals surface area contributed by atoms with Gasteiger partial charge in [-0.05, 0) is 25.9 Å². The second-order valence-corrected chi connectivity index (χ2v) is 2.69. The summed E-state index contributed by atoms with van der Waals surface area (Å²) in [5, 5.41) is 9.17. The van der Waals surface area contributed by atoms with Crippen molar-refractivity contribution < 1.29 is 5.11 Å². The minimum Gasteiger partial charge on any atom is -0.392 e. The fourth-order valence-corrected chi connectivity index (χ4v) is 1.32. The zero-order chi connectivity index (χ0) is 8.69. The minimum absolute atomic E-state index is 0.0568. The first-order valence-corrected chi connectivity index (χ1v) is 4.73. The van der Waals surface area contributed by atoms with E-state index in [4.69, 9.17) is 5.11 Å². The number of β-amino-alcohol motifs (C(OH)–C–C–N with tert-alkyl or cyclic N) is 1. The molecule has 2 heteroatoms. The number of aliphatic hydroxyl groups excluding tert-OH is 1. The molecule has 0 radical (unpaired) electrons. The molecule has 0 aromatic carbocycles. The third-order valence-electron chi connectivity index (χ3n) is 1.93. The van der Waals surface area contributed by atoms with Crippen molar-refractivity contribution in [2.75, 3.05) is 19.6 Å². The molecular formula is C9H21NO. The first-order chi connectivity index (χ1) is 5.33. The van der Waals surface area contributed by atoms with E-state index in [2.05, 4.69) is 11.8 Å². The third-order valence-corrected chi connectivity index (χ3v) is 1.93. The summed E-state index contributed by atoms with van der Waals surface area (Å²) in [7, 11) is 0. The van der Waals surface area contributed by atoms with Gasteiger partial charge in [0.1, 0.15) is 0 Å². The lowest BCUT2D eigenvalue weighted by molar-refractivity contribution is 0.0737. The van der Waals surface area contributed by atoms with Crippen LogP contribution in [0.5, 0.6) is 0 Å². The predicted molar refractivity (Wildman–Crippen MR) is 48.7 cm³/mol. The van der Waals surface area contributed by atoms with Crippen molar-refractivity contribution in [3.63, 3.8) is 0 Å². The van der Waals surface area contributed by atoms with Crippen LogP contribution in [0.3, 0.4) is 0 Å². The minimum atomic E-state index is -0.0568. The number of hydrogen-bond acceptors (Lipinski definition) is 2. The maximum Gasteiger partial charge on any atom is 0.0667 e. The van der Waals surface area contributed by atoms with Gasteiger partial charge in [-0.3, -0.25) is 0 Å². The highest BCUT2D eigenvalue weighted by molar-refractivity contribution is 4.69. The lowest BCUT2D eigenvalue weighted by Crippen LogP contribution is -2.37. The van der Waals surface area contributed by atoms with Gasteiger partial charge in [0.05, 0.1) is 6.10 Å². The molecule has 0 saturated carbocycles. The van der Waals surface area contributed by atoms with Gasteiger partial charge in [-0.2, -0.15) is 0 Å². The Hall–Kier alpha value is -0.0800. The van der Waals surface area contributed by atoms with Crippen molar-refractivity contribution >= 4 is 0 Å². The highest BCUT2D eigenvalue weighted by Gasteiger charge is 2.14. The van der Waals surface area contributed by atoms with Crippen LogP contribution in [0, 0.1) is 0 Å². The van der Waals surface area contributed by atoms with Gasteiger partial charge >= 0.3 is 0 Å². The maximum atomic E-state index is 9.17. The fourth-order valence-electron chi connectivity index (χ4n) is 1.32. The number of nitrogens with zero attached hydrogens (tertiary/aromatic N) is 1. The van der Waals surface area contributed by atoms with E-state index in [1.54, 1.807) is 0 Å². The molecule has 0 spiro atoms. The molecule has 0 amide bonds. The molecule has 68 valence electrons. The van der Waals surface area contributed by atoms with Crippen LogP contribution in [0.2, 0.25) is 0 Å². The quantitative estimate of drug-likeness (QED) is 0.626. The van der Waals surface area contributed by atoms with Crippen molar-refractivity contribution in [3.8, 4) is 0 Å². The molecule has 11 heavy (non-hydrogen) atoms. The average molecular weight is 159 g/mol. The Morgan fingerprint density at radius 2 is 2.09 bits per heavy atom. The van der Waals surface area contributed by atoms with Crippen molar-refractivity contribution in [3.05, 3.63) is 0 Å². The first kappa shape index (κ1) is 10.9. The van der Waals surface area contributed by atoms with Gasteiger partial charge in [0.15, 0.2) is 0 Å². The van der Waals surface area contributed by atoms with Crippen molar-refractivity contribution in [2.24, 2.45) is 0 Å². The summed E-state index contributed by atoms with van der Waals surface area (Å²) in [6.07, 6.45) is 2.10. The molecule has 1 N–H and O–H groups in total. The van der Waals surface area contributed by atoms with E-state index in [1.165, 1.54) is 6.54 Å². The van der Waals surface area contributed by atoms with Crippen LogP contribution < -0.4 is 0 Å². The molecule has 2 nitrogen and oxygen atoms in total. The normalized spacial score (nSPS) is 25.6. The van der Waals surface area contributed by atoms with Crippen LogP contribution >= 0.6 is 0 Å². The largest absolute Gasteiger partial charge is 0.392 e. The standard InChI is InChI=1S/C7H15NO.C2H6/c1-2-8-5-3-4-7(9)6-8;1-2/h7,9H,2-6H2,1H3;1-2H3. The Bertz CT molecular complexity index is 85.6. The molecular weight excluding hydrogens is 138 g/mol. The number of piperidine rings is 1. The second kappa shape index (κ2) is 6.62. The van der Waals surface area contributed by atoms with Gasteiger partial charge in [-0.25, -0.2) is 0 Å². The predicted octanol–water partition coefficient (Wildman–Crippen LogP) is 1.49. The highest BCUT2D eigenvalue weighted by Crippen LogP contribution is 2.08. The third kappa shape index (κ3) is 4.38. The molecule has 1 fully saturated rings. The summed E-state index contributed by atoms with van der Waals surface area (Å²) < 4.78 is 0. The Labute approximate surface area is 70.2 Å². The van der Waals surface area contributed by atoms with Crippen molar-refractivity contribution in [2.45, 2.75) is 39.7 Å². The average Bonchev–Trinajstić information content (AvgIpc) is 2.08. The summed E-state index contributed by atoms with van der Waals surface area (Å²) in [4.78, 5) is 2.29. The number of aliphatic hydroxyl groups is 1. The Morgan fingerprint density at radius 1 is 1.45 bits per heavy atom. The Morgan fingerprint density at radius 3 is 2.45 bits per heavy atom. The van der Waals surface area contributed by atoms with Gasteiger partial charge in [-0.1, -0.05) is 20.8 Å². The van der Waals surface area contributed by atoms with Gasteiger partial charge in [-0.15, -0.1) is 0 Å². The molecule has 1 heterocycles. The zero-order valence-corrected chi connectivity index (χ0v) is 8.01. The van der Waals surface area contributed by atoms with E-state index in [0.29, 0.717) is 0 Å². The number of likely N-dealkylation sites (tertiary alicyclic amines) is 1. The summed E-state index contributed by atoms with van der Waals surface area (Å²) >= 11 is 0. The molecule has 1 aliphatic rings. The van der Waals surface area contributed by atoms with Crippen LogP contribution in [-0.4, -0.2) is 35.7 Å². The van der Waals surface area contributed by atoms with Crippen LogP contribution in [-0.2, 0) is 0 Å². The van der Waals surface area contributed by atoms with Gasteiger partial charge in [0.2, 0.25) is 0 Å². The fraction of sp³-hybridized carbons (Fsp3) is 1.00. The van der Waals surface area contributed by atoms with E-state index in [0.717, 1.165) is 25.9 Å². The summed E-state index contributed by atoms with van der Waals surface area (Å²) in [5.41, 5.74) is 0. The van der Waals surface area contributed by atoms with Crippen LogP contribution in [0.15, 0.2) is 0 Å². The van der Waals surface area contributed by atoms with Crippen LogP contribution in [0.4, 0.5) is 0 Å². The summed E-state index contributed by atoms with van der Waals surface area (Å²) in [6.45, 7) is 9.28. The Balaban J connectivity index is 0.000000461. The smallest absolute Gasteiger partial charge is 0.0667 e. The number of likely N-dealkylation sites (N-methyl/N-ethyl adjacent to an activating group) is 1. The SMILES string of the molecule is CC.CCN1CCCC(O)C1. The molecule has 1 aliphatic heterocycles. The Kier molecular flexibility index (Phi) is 6.57. The van der Waals surface area contributed by atoms with Gasteiger partial charge < -0.3 is 10.0 Å². The highest BCUT2D eigenvalue weighted by atomic mass is 16.3. The number of rotatable bonds is 1. The van der Waals surface area contributed by atoms with E-state index in [9.17, 15) is 0 Å². The van der Waals surface area contributed by atoms with E-state index >= 15 is 0 Å². The molecule has 0 bridgehead atoms. The zero-order valence-electron chi connectivity index (χ0n) is 8.01. The molecule has 1 saturated heterocycles. The summed E-state index contributed by atoms with van der Waals surface area (Å²) in [5.74, 6) is 0. The number of hydrogen-bond donors (Lipinski definition) is 1. The molecule has 0 aliphatic carbocycles. The molecule has 0 aromatic rings. The molecule has 0 aromatic heterocycles. The van der Waals surface area contributed by atoms with Crippen LogP contribution in [0.1, 0.15) is 33.6 Å². The van der Waals surface area contributed by atoms with Crippen LogP contribution in [0.25, 0.3) is 0 Å². The first-order valence-electron chi connectivity index (χ1n) is 4.73. The van der Waals surface area contributed by atoms with E-state index in [-0.39, 0.29) is 6.10 Å².